The monoisotopic (exact) mass is 315 g/mol. The van der Waals surface area contributed by atoms with Gasteiger partial charge in [-0.25, -0.2) is 0 Å². The molecule has 0 radical (unpaired) electrons. The first kappa shape index (κ1) is 15.6. The molecule has 2 heterocycles. The minimum Gasteiger partial charge on any atom is -0.494 e. The Balaban J connectivity index is 1.81. The van der Waals surface area contributed by atoms with Crippen LogP contribution in [0.3, 0.4) is 0 Å². The summed E-state index contributed by atoms with van der Waals surface area (Å²) >= 11 is 1.89. The van der Waals surface area contributed by atoms with Crippen molar-refractivity contribution in [3.8, 4) is 5.75 Å². The Morgan fingerprint density at radius 3 is 2.86 bits per heavy atom. The molecular formula is C19H25NOS. The number of ether oxygens (including phenoxy) is 1. The second kappa shape index (κ2) is 7.80. The third-order valence-corrected chi connectivity index (χ3v) is 5.35. The number of hydrogen-bond donors (Lipinski definition) is 0. The number of likely N-dealkylation sites (tertiary alicyclic amines) is 1. The first-order valence-corrected chi connectivity index (χ1v) is 9.24. The Labute approximate surface area is 137 Å². The molecular weight excluding hydrogens is 290 g/mol. The molecule has 3 rings (SSSR count). The Morgan fingerprint density at radius 1 is 1.14 bits per heavy atom. The van der Waals surface area contributed by atoms with Crippen LogP contribution in [0.15, 0.2) is 41.8 Å². The van der Waals surface area contributed by atoms with Crippen LogP contribution >= 0.6 is 11.3 Å². The van der Waals surface area contributed by atoms with Gasteiger partial charge in [-0.3, -0.25) is 4.90 Å². The van der Waals surface area contributed by atoms with Crippen LogP contribution in [0.4, 0.5) is 0 Å². The molecule has 0 N–H and O–H groups in total. The first-order chi connectivity index (χ1) is 10.9. The van der Waals surface area contributed by atoms with Crippen LogP contribution in [-0.4, -0.2) is 18.1 Å². The second-order valence-corrected chi connectivity index (χ2v) is 6.87. The number of hydrogen-bond acceptors (Lipinski definition) is 3. The summed E-state index contributed by atoms with van der Waals surface area (Å²) in [5, 5.41) is 2.20. The van der Waals surface area contributed by atoms with Crippen molar-refractivity contribution in [3.05, 3.63) is 52.2 Å². The van der Waals surface area contributed by atoms with Gasteiger partial charge in [-0.1, -0.05) is 37.1 Å². The fourth-order valence-corrected chi connectivity index (χ4v) is 4.21. The molecule has 2 nitrogen and oxygen atoms in total. The van der Waals surface area contributed by atoms with Gasteiger partial charge in [-0.15, -0.1) is 11.3 Å². The van der Waals surface area contributed by atoms with Crippen molar-refractivity contribution >= 4 is 11.3 Å². The molecule has 0 spiro atoms. The van der Waals surface area contributed by atoms with Gasteiger partial charge in [0.2, 0.25) is 0 Å². The summed E-state index contributed by atoms with van der Waals surface area (Å²) < 4.78 is 5.81. The summed E-state index contributed by atoms with van der Waals surface area (Å²) in [7, 11) is 0. The maximum atomic E-state index is 5.81. The normalized spacial score (nSPS) is 19.8. The van der Waals surface area contributed by atoms with Gasteiger partial charge in [0.1, 0.15) is 5.75 Å². The van der Waals surface area contributed by atoms with Crippen molar-refractivity contribution in [2.75, 3.05) is 13.2 Å². The third-order valence-electron chi connectivity index (χ3n) is 4.38. The Morgan fingerprint density at radius 2 is 2.05 bits per heavy atom. The molecule has 1 aliphatic heterocycles. The number of thiophene rings is 1. The molecule has 0 saturated carbocycles. The fourth-order valence-electron chi connectivity index (χ4n) is 3.31. The van der Waals surface area contributed by atoms with Crippen LogP contribution in [-0.2, 0) is 6.54 Å². The molecule has 22 heavy (non-hydrogen) atoms. The van der Waals surface area contributed by atoms with Crippen molar-refractivity contribution in [2.24, 2.45) is 0 Å². The Bertz CT molecular complexity index is 567. The minimum absolute atomic E-state index is 0.567. The topological polar surface area (TPSA) is 12.5 Å². The molecule has 1 aliphatic rings. The highest BCUT2D eigenvalue weighted by molar-refractivity contribution is 7.10. The number of rotatable bonds is 5. The van der Waals surface area contributed by atoms with Gasteiger partial charge < -0.3 is 4.74 Å². The van der Waals surface area contributed by atoms with E-state index in [1.807, 2.05) is 11.3 Å². The number of nitrogens with zero attached hydrogens (tertiary/aromatic N) is 1. The van der Waals surface area contributed by atoms with Gasteiger partial charge in [0.25, 0.3) is 0 Å². The second-order valence-electron chi connectivity index (χ2n) is 5.89. The summed E-state index contributed by atoms with van der Waals surface area (Å²) in [6, 6.07) is 13.5. The average Bonchev–Trinajstić information content (AvgIpc) is 2.97. The van der Waals surface area contributed by atoms with E-state index in [0.717, 1.165) is 18.9 Å². The van der Waals surface area contributed by atoms with E-state index in [4.69, 9.17) is 4.74 Å². The molecule has 1 fully saturated rings. The van der Waals surface area contributed by atoms with Crippen LogP contribution in [0.5, 0.6) is 5.75 Å². The summed E-state index contributed by atoms with van der Waals surface area (Å²) in [4.78, 5) is 4.16. The highest BCUT2D eigenvalue weighted by Gasteiger charge is 2.24. The smallest absolute Gasteiger partial charge is 0.123 e. The molecule has 3 heteroatoms. The third kappa shape index (κ3) is 3.71. The Hall–Kier alpha value is -1.32. The Kier molecular flexibility index (Phi) is 5.52. The average molecular weight is 315 g/mol. The van der Waals surface area contributed by atoms with E-state index in [1.165, 1.54) is 42.7 Å². The molecule has 1 aromatic heterocycles. The minimum atomic E-state index is 0.567. The molecule has 1 aromatic carbocycles. The highest BCUT2D eigenvalue weighted by atomic mass is 32.1. The van der Waals surface area contributed by atoms with Gasteiger partial charge in [0, 0.05) is 23.0 Å². The van der Waals surface area contributed by atoms with Crippen LogP contribution < -0.4 is 4.74 Å². The van der Waals surface area contributed by atoms with Crippen LogP contribution in [0, 0.1) is 0 Å². The van der Waals surface area contributed by atoms with E-state index in [-0.39, 0.29) is 0 Å². The quantitative estimate of drug-likeness (QED) is 0.746. The zero-order valence-corrected chi connectivity index (χ0v) is 14.1. The molecule has 0 amide bonds. The van der Waals surface area contributed by atoms with Crippen molar-refractivity contribution in [1.82, 2.24) is 4.90 Å². The zero-order valence-electron chi connectivity index (χ0n) is 13.3. The fraction of sp³-hybridized carbons (Fsp3) is 0.474. The van der Waals surface area contributed by atoms with Gasteiger partial charge in [-0.2, -0.15) is 0 Å². The lowest BCUT2D eigenvalue weighted by Gasteiger charge is -2.30. The number of para-hydroxylation sites is 1. The zero-order chi connectivity index (χ0) is 15.2. The van der Waals surface area contributed by atoms with Crippen molar-refractivity contribution in [1.29, 1.82) is 0 Å². The number of benzene rings is 1. The standard InChI is InChI=1S/C19H25NOS/c1-2-21-18-11-6-5-9-16(18)15-20-13-7-3-4-10-17(20)19-12-8-14-22-19/h5-6,8-9,11-12,14,17H,2-4,7,10,13,15H2,1H3/t17-/m0/s1. The molecule has 1 atom stereocenters. The van der Waals surface area contributed by atoms with E-state index in [0.29, 0.717) is 6.04 Å². The molecule has 0 aliphatic carbocycles. The van der Waals surface area contributed by atoms with Gasteiger partial charge in [-0.05, 0) is 43.8 Å². The summed E-state index contributed by atoms with van der Waals surface area (Å²) in [5.74, 6) is 1.04. The lowest BCUT2D eigenvalue weighted by atomic mass is 10.1. The van der Waals surface area contributed by atoms with E-state index < -0.39 is 0 Å². The highest BCUT2D eigenvalue weighted by Crippen LogP contribution is 2.34. The lowest BCUT2D eigenvalue weighted by molar-refractivity contribution is 0.192. The molecule has 118 valence electrons. The van der Waals surface area contributed by atoms with Gasteiger partial charge in [0.05, 0.1) is 6.61 Å². The van der Waals surface area contributed by atoms with Crippen LogP contribution in [0.1, 0.15) is 49.1 Å². The maximum Gasteiger partial charge on any atom is 0.123 e. The molecule has 1 saturated heterocycles. The molecule has 2 aromatic rings. The lowest BCUT2D eigenvalue weighted by Crippen LogP contribution is -2.27. The first-order valence-electron chi connectivity index (χ1n) is 8.36. The van der Waals surface area contributed by atoms with Crippen molar-refractivity contribution in [2.45, 2.75) is 45.2 Å². The SMILES string of the molecule is CCOc1ccccc1CN1CCCCC[C@H]1c1cccs1. The van der Waals surface area contributed by atoms with Crippen molar-refractivity contribution < 1.29 is 4.74 Å². The molecule has 0 bridgehead atoms. The van der Waals surface area contributed by atoms with Gasteiger partial charge in [0.15, 0.2) is 0 Å². The summed E-state index contributed by atoms with van der Waals surface area (Å²) in [5.41, 5.74) is 1.31. The van der Waals surface area contributed by atoms with Crippen LogP contribution in [0.2, 0.25) is 0 Å². The van der Waals surface area contributed by atoms with E-state index in [9.17, 15) is 0 Å². The van der Waals surface area contributed by atoms with Crippen LogP contribution in [0.25, 0.3) is 0 Å². The summed E-state index contributed by atoms with van der Waals surface area (Å²) in [6.07, 6.45) is 5.27. The predicted octanol–water partition coefficient (Wildman–Crippen LogP) is 5.26. The van der Waals surface area contributed by atoms with E-state index >= 15 is 0 Å². The van der Waals surface area contributed by atoms with Crippen molar-refractivity contribution in [3.63, 3.8) is 0 Å². The van der Waals surface area contributed by atoms with Gasteiger partial charge >= 0.3 is 0 Å². The predicted molar refractivity (Wildman–Crippen MR) is 93.5 cm³/mol. The largest absolute Gasteiger partial charge is 0.494 e. The summed E-state index contributed by atoms with van der Waals surface area (Å²) in [6.45, 7) is 4.95. The maximum absolute atomic E-state index is 5.81. The van der Waals surface area contributed by atoms with E-state index in [1.54, 1.807) is 0 Å². The van der Waals surface area contributed by atoms with E-state index in [2.05, 4.69) is 53.6 Å². The molecule has 0 unspecified atom stereocenters.